The molecule has 2 aliphatic rings. The molecule has 1 saturated carbocycles. The Morgan fingerprint density at radius 3 is 3.00 bits per heavy atom. The second-order valence-corrected chi connectivity index (χ2v) is 5.58. The van der Waals surface area contributed by atoms with Gasteiger partial charge in [-0.25, -0.2) is 0 Å². The van der Waals surface area contributed by atoms with E-state index in [2.05, 4.69) is 16.4 Å². The monoisotopic (exact) mass is 295 g/mol. The highest BCUT2D eigenvalue weighted by Crippen LogP contribution is 2.34. The van der Waals surface area contributed by atoms with Crippen LogP contribution in [0.1, 0.15) is 37.3 Å². The van der Waals surface area contributed by atoms with Crippen molar-refractivity contribution in [3.8, 4) is 0 Å². The van der Waals surface area contributed by atoms with Crippen molar-refractivity contribution in [3.05, 3.63) is 30.1 Å². The van der Waals surface area contributed by atoms with E-state index in [0.29, 0.717) is 12.3 Å². The highest BCUT2D eigenvalue weighted by atomic mass is 35.5. The first-order chi connectivity index (χ1) is 9.34. The molecule has 1 aliphatic heterocycles. The van der Waals surface area contributed by atoms with Crippen molar-refractivity contribution in [3.63, 3.8) is 0 Å². The predicted octanol–water partition coefficient (Wildman–Crippen LogP) is 2.17. The Morgan fingerprint density at radius 1 is 1.45 bits per heavy atom. The molecule has 1 N–H and O–H groups in total. The van der Waals surface area contributed by atoms with Gasteiger partial charge in [0.2, 0.25) is 5.91 Å². The number of piperazine rings is 1. The summed E-state index contributed by atoms with van der Waals surface area (Å²) in [5.74, 6) is 1.13. The van der Waals surface area contributed by atoms with Crippen molar-refractivity contribution < 1.29 is 4.79 Å². The molecule has 0 bridgehead atoms. The van der Waals surface area contributed by atoms with Gasteiger partial charge in [-0.3, -0.25) is 9.78 Å². The minimum absolute atomic E-state index is 0. The van der Waals surface area contributed by atoms with Gasteiger partial charge >= 0.3 is 0 Å². The molecule has 0 aromatic carbocycles. The molecule has 5 heteroatoms. The quantitative estimate of drug-likeness (QED) is 0.926. The summed E-state index contributed by atoms with van der Waals surface area (Å²) in [6.45, 7) is 2.54. The standard InChI is InChI=1S/C15H21N3O.ClH/c19-15(6-5-12-3-4-12)18-9-8-17-11-14(18)13-2-1-7-16-10-13;/h1-2,7,10,12,14,17H,3-6,8-9,11H2;1H. The fourth-order valence-corrected chi connectivity index (χ4v) is 2.75. The van der Waals surface area contributed by atoms with Gasteiger partial charge in [-0.15, -0.1) is 12.4 Å². The molecule has 3 rings (SSSR count). The number of carbonyl (C=O) groups is 1. The number of pyridine rings is 1. The highest BCUT2D eigenvalue weighted by Gasteiger charge is 2.29. The van der Waals surface area contributed by atoms with E-state index in [0.717, 1.165) is 37.5 Å². The van der Waals surface area contributed by atoms with Gasteiger partial charge in [-0.2, -0.15) is 0 Å². The van der Waals surface area contributed by atoms with E-state index in [4.69, 9.17) is 0 Å². The van der Waals surface area contributed by atoms with Gasteiger partial charge in [0.05, 0.1) is 6.04 Å². The van der Waals surface area contributed by atoms with E-state index in [1.807, 2.05) is 17.2 Å². The van der Waals surface area contributed by atoms with Crippen LogP contribution in [0, 0.1) is 5.92 Å². The van der Waals surface area contributed by atoms with Crippen molar-refractivity contribution in [2.24, 2.45) is 5.92 Å². The van der Waals surface area contributed by atoms with Crippen molar-refractivity contribution in [1.29, 1.82) is 0 Å². The number of halogens is 1. The third-order valence-corrected chi connectivity index (χ3v) is 4.10. The molecule has 0 spiro atoms. The highest BCUT2D eigenvalue weighted by molar-refractivity contribution is 5.85. The fourth-order valence-electron chi connectivity index (χ4n) is 2.75. The van der Waals surface area contributed by atoms with Crippen molar-refractivity contribution in [2.75, 3.05) is 19.6 Å². The second-order valence-electron chi connectivity index (χ2n) is 5.58. The molecule has 1 atom stereocenters. The van der Waals surface area contributed by atoms with Crippen LogP contribution in [0.25, 0.3) is 0 Å². The fraction of sp³-hybridized carbons (Fsp3) is 0.600. The summed E-state index contributed by atoms with van der Waals surface area (Å²) in [7, 11) is 0. The van der Waals surface area contributed by atoms with Crippen molar-refractivity contribution >= 4 is 18.3 Å². The molecule has 1 amide bonds. The molecule has 0 radical (unpaired) electrons. The summed E-state index contributed by atoms with van der Waals surface area (Å²) >= 11 is 0. The lowest BCUT2D eigenvalue weighted by Gasteiger charge is -2.36. The van der Waals surface area contributed by atoms with Gasteiger partial charge in [0, 0.05) is 38.4 Å². The van der Waals surface area contributed by atoms with E-state index >= 15 is 0 Å². The van der Waals surface area contributed by atoms with E-state index in [-0.39, 0.29) is 18.4 Å². The Labute approximate surface area is 126 Å². The Morgan fingerprint density at radius 2 is 2.30 bits per heavy atom. The number of carbonyl (C=O) groups excluding carboxylic acids is 1. The third kappa shape index (κ3) is 3.70. The first kappa shape index (κ1) is 15.3. The Hall–Kier alpha value is -1.13. The molecule has 1 aromatic rings. The molecule has 110 valence electrons. The summed E-state index contributed by atoms with van der Waals surface area (Å²) in [6.07, 6.45) is 8.07. The average Bonchev–Trinajstić information content (AvgIpc) is 3.30. The minimum atomic E-state index is 0. The zero-order valence-corrected chi connectivity index (χ0v) is 12.4. The first-order valence-electron chi connectivity index (χ1n) is 7.24. The summed E-state index contributed by atoms with van der Waals surface area (Å²) < 4.78 is 0. The summed E-state index contributed by atoms with van der Waals surface area (Å²) in [5.41, 5.74) is 1.13. The molecule has 2 heterocycles. The molecule has 1 unspecified atom stereocenters. The number of hydrogen-bond donors (Lipinski definition) is 1. The molecule has 20 heavy (non-hydrogen) atoms. The maximum atomic E-state index is 12.4. The van der Waals surface area contributed by atoms with Crippen molar-refractivity contribution in [2.45, 2.75) is 31.7 Å². The van der Waals surface area contributed by atoms with Crippen LogP contribution < -0.4 is 5.32 Å². The van der Waals surface area contributed by atoms with E-state index < -0.39 is 0 Å². The van der Waals surface area contributed by atoms with Crippen LogP contribution in [0.4, 0.5) is 0 Å². The molecule has 4 nitrogen and oxygen atoms in total. The normalized spacial score (nSPS) is 22.2. The van der Waals surface area contributed by atoms with Crippen LogP contribution in [0.2, 0.25) is 0 Å². The van der Waals surface area contributed by atoms with Crippen LogP contribution in [0.15, 0.2) is 24.5 Å². The van der Waals surface area contributed by atoms with Gasteiger partial charge in [-0.1, -0.05) is 18.9 Å². The topological polar surface area (TPSA) is 45.2 Å². The number of nitrogens with zero attached hydrogens (tertiary/aromatic N) is 2. The first-order valence-corrected chi connectivity index (χ1v) is 7.24. The number of rotatable bonds is 4. The van der Waals surface area contributed by atoms with E-state index in [1.165, 1.54) is 12.8 Å². The van der Waals surface area contributed by atoms with Crippen LogP contribution >= 0.6 is 12.4 Å². The summed E-state index contributed by atoms with van der Waals surface area (Å²) in [5, 5.41) is 3.37. The Kier molecular flexibility index (Phi) is 5.38. The van der Waals surface area contributed by atoms with E-state index in [1.54, 1.807) is 6.20 Å². The summed E-state index contributed by atoms with van der Waals surface area (Å²) in [4.78, 5) is 18.6. The van der Waals surface area contributed by atoms with Crippen LogP contribution in [-0.2, 0) is 4.79 Å². The molecular formula is C15H22ClN3O. The lowest BCUT2D eigenvalue weighted by atomic mass is 10.0. The molecule has 1 aliphatic carbocycles. The third-order valence-electron chi connectivity index (χ3n) is 4.10. The molecule has 1 saturated heterocycles. The van der Waals surface area contributed by atoms with Gasteiger partial charge in [0.1, 0.15) is 0 Å². The maximum absolute atomic E-state index is 12.4. The number of nitrogens with one attached hydrogen (secondary N) is 1. The maximum Gasteiger partial charge on any atom is 0.223 e. The average molecular weight is 296 g/mol. The lowest BCUT2D eigenvalue weighted by Crippen LogP contribution is -2.48. The predicted molar refractivity (Wildman–Crippen MR) is 80.8 cm³/mol. The Balaban J connectivity index is 0.00000147. The number of aromatic nitrogens is 1. The van der Waals surface area contributed by atoms with Gasteiger partial charge < -0.3 is 10.2 Å². The number of amides is 1. The van der Waals surface area contributed by atoms with Crippen LogP contribution in [-0.4, -0.2) is 35.4 Å². The largest absolute Gasteiger partial charge is 0.333 e. The molecule has 1 aromatic heterocycles. The minimum Gasteiger partial charge on any atom is -0.333 e. The zero-order chi connectivity index (χ0) is 13.1. The summed E-state index contributed by atoms with van der Waals surface area (Å²) in [6, 6.07) is 4.15. The number of hydrogen-bond acceptors (Lipinski definition) is 3. The SMILES string of the molecule is Cl.O=C(CCC1CC1)N1CCNCC1c1cccnc1. The zero-order valence-electron chi connectivity index (χ0n) is 11.6. The van der Waals surface area contributed by atoms with Gasteiger partial charge in [-0.05, 0) is 24.0 Å². The molecule has 2 fully saturated rings. The Bertz CT molecular complexity index is 436. The van der Waals surface area contributed by atoms with Gasteiger partial charge in [0.15, 0.2) is 0 Å². The van der Waals surface area contributed by atoms with E-state index in [9.17, 15) is 4.79 Å². The van der Waals surface area contributed by atoms with Crippen LogP contribution in [0.3, 0.4) is 0 Å². The van der Waals surface area contributed by atoms with Crippen LogP contribution in [0.5, 0.6) is 0 Å². The smallest absolute Gasteiger partial charge is 0.223 e. The lowest BCUT2D eigenvalue weighted by molar-refractivity contribution is -0.134. The van der Waals surface area contributed by atoms with Crippen molar-refractivity contribution in [1.82, 2.24) is 15.2 Å². The molecular weight excluding hydrogens is 274 g/mol. The second kappa shape index (κ2) is 7.04. The van der Waals surface area contributed by atoms with Gasteiger partial charge in [0.25, 0.3) is 0 Å².